The summed E-state index contributed by atoms with van der Waals surface area (Å²) in [7, 11) is 0. The van der Waals surface area contributed by atoms with Crippen LogP contribution in [0.15, 0.2) is 72.8 Å². The maximum absolute atomic E-state index is 13.3. The summed E-state index contributed by atoms with van der Waals surface area (Å²) in [5.74, 6) is -2.70. The highest BCUT2D eigenvalue weighted by Crippen LogP contribution is 2.48. The van der Waals surface area contributed by atoms with Crippen LogP contribution in [-0.4, -0.2) is 58.5 Å². The molecule has 0 radical (unpaired) electrons. The Labute approximate surface area is 301 Å². The molecule has 4 aromatic rings. The van der Waals surface area contributed by atoms with Gasteiger partial charge in [-0.1, -0.05) is 49.7 Å². The van der Waals surface area contributed by atoms with E-state index in [1.165, 1.54) is 30.3 Å². The third-order valence-electron chi connectivity index (χ3n) is 7.88. The summed E-state index contributed by atoms with van der Waals surface area (Å²) in [6.45, 7) is 2.18. The largest absolute Gasteiger partial charge is 0.454 e. The second-order valence-electron chi connectivity index (χ2n) is 12.9. The van der Waals surface area contributed by atoms with Crippen molar-refractivity contribution in [2.24, 2.45) is 5.41 Å². The molecule has 52 heavy (non-hydrogen) atoms. The molecule has 5 rings (SSSR count). The zero-order chi connectivity index (χ0) is 37.5. The molecule has 0 saturated heterocycles. The van der Waals surface area contributed by atoms with Gasteiger partial charge in [-0.25, -0.2) is 4.39 Å². The fourth-order valence-corrected chi connectivity index (χ4v) is 5.03. The molecule has 12 nitrogen and oxygen atoms in total. The number of nitrogens with one attached hydrogen (secondary N) is 5. The number of anilines is 3. The zero-order valence-corrected chi connectivity index (χ0v) is 28.8. The molecule has 0 aliphatic heterocycles. The number of hydrogen-bond donors (Lipinski definition) is 5. The summed E-state index contributed by atoms with van der Waals surface area (Å²) in [6.07, 6.45) is -3.15. The molecule has 3 aromatic carbocycles. The van der Waals surface area contributed by atoms with Gasteiger partial charge in [0.25, 0.3) is 5.91 Å². The molecule has 1 aromatic heterocycles. The minimum atomic E-state index is -4.61. The fourth-order valence-electron chi connectivity index (χ4n) is 4.90. The van der Waals surface area contributed by atoms with Gasteiger partial charge in [0, 0.05) is 35.9 Å². The van der Waals surface area contributed by atoms with Gasteiger partial charge in [-0.15, -0.1) is 0 Å². The summed E-state index contributed by atoms with van der Waals surface area (Å²) in [4.78, 5) is 49.7. The molecular weight excluding hydrogens is 708 g/mol. The standard InChI is InChI=1S/C35H35ClF4N8O4/c1-33(2,19-43-29(51)28(50)41-17-21-4-3-5-25(37)16-21)18-42-27(49)22-6-12-26(13-7-22)44-30-45-31(47-32(46-30)52-20-35(38,39)40)48-34(14-15-34)23-8-10-24(36)11-9-23/h3-13,16H,14-15,17-20H2,1-2H3,(H,41,50)(H,42,49)(H,43,51)(H2,44,45,46,47,48). The number of ether oxygens (including phenoxy) is 1. The predicted molar refractivity (Wildman–Crippen MR) is 184 cm³/mol. The zero-order valence-electron chi connectivity index (χ0n) is 28.0. The monoisotopic (exact) mass is 742 g/mol. The lowest BCUT2D eigenvalue weighted by Crippen LogP contribution is -2.46. The van der Waals surface area contributed by atoms with Crippen LogP contribution in [0.5, 0.6) is 6.01 Å². The average molecular weight is 743 g/mol. The molecule has 1 saturated carbocycles. The molecule has 0 atom stereocenters. The van der Waals surface area contributed by atoms with Crippen LogP contribution in [-0.2, 0) is 21.7 Å². The topological polar surface area (TPSA) is 159 Å². The highest BCUT2D eigenvalue weighted by molar-refractivity contribution is 6.35. The maximum Gasteiger partial charge on any atom is 0.422 e. The quantitative estimate of drug-likeness (QED) is 0.0815. The van der Waals surface area contributed by atoms with Gasteiger partial charge in [0.05, 0.1) is 5.54 Å². The Morgan fingerprint density at radius 1 is 0.846 bits per heavy atom. The van der Waals surface area contributed by atoms with Crippen molar-refractivity contribution in [2.75, 3.05) is 30.3 Å². The van der Waals surface area contributed by atoms with Crippen molar-refractivity contribution in [3.05, 3.63) is 100 Å². The molecule has 17 heteroatoms. The fraction of sp³-hybridized carbons (Fsp3) is 0.314. The van der Waals surface area contributed by atoms with Crippen molar-refractivity contribution in [1.29, 1.82) is 0 Å². The van der Waals surface area contributed by atoms with E-state index in [1.54, 1.807) is 44.2 Å². The molecule has 1 aliphatic carbocycles. The lowest BCUT2D eigenvalue weighted by molar-refractivity contribution is -0.154. The van der Waals surface area contributed by atoms with Crippen LogP contribution in [0.25, 0.3) is 0 Å². The highest BCUT2D eigenvalue weighted by atomic mass is 35.5. The van der Waals surface area contributed by atoms with E-state index in [1.807, 2.05) is 12.1 Å². The van der Waals surface area contributed by atoms with Gasteiger partial charge >= 0.3 is 24.0 Å². The van der Waals surface area contributed by atoms with Crippen molar-refractivity contribution in [3.8, 4) is 6.01 Å². The minimum Gasteiger partial charge on any atom is -0.454 e. The SMILES string of the molecule is CC(C)(CNC(=O)C(=O)NCc1cccc(F)c1)CNC(=O)c1ccc(Nc2nc(NC3(c4ccc(Cl)cc4)CC3)nc(OCC(F)(F)F)n2)cc1. The Kier molecular flexibility index (Phi) is 11.5. The van der Waals surface area contributed by atoms with E-state index < -0.39 is 53.3 Å². The minimum absolute atomic E-state index is 0.00132. The van der Waals surface area contributed by atoms with E-state index in [0.29, 0.717) is 21.8 Å². The number of hydrogen-bond acceptors (Lipinski definition) is 9. The van der Waals surface area contributed by atoms with Crippen molar-refractivity contribution in [2.45, 2.75) is 44.9 Å². The second-order valence-corrected chi connectivity index (χ2v) is 13.4. The Morgan fingerprint density at radius 2 is 1.50 bits per heavy atom. The third-order valence-corrected chi connectivity index (χ3v) is 8.14. The van der Waals surface area contributed by atoms with Crippen LogP contribution in [0.4, 0.5) is 35.1 Å². The smallest absolute Gasteiger partial charge is 0.422 e. The van der Waals surface area contributed by atoms with Crippen molar-refractivity contribution in [1.82, 2.24) is 30.9 Å². The summed E-state index contributed by atoms with van der Waals surface area (Å²) in [5, 5.41) is 14.4. The number of carbonyl (C=O) groups excluding carboxylic acids is 3. The first kappa shape index (κ1) is 37.7. The average Bonchev–Trinajstić information content (AvgIpc) is 3.88. The van der Waals surface area contributed by atoms with Crippen LogP contribution in [0, 0.1) is 11.2 Å². The highest BCUT2D eigenvalue weighted by Gasteiger charge is 2.45. The third kappa shape index (κ3) is 11.0. The Balaban J connectivity index is 1.15. The first-order chi connectivity index (χ1) is 24.6. The predicted octanol–water partition coefficient (Wildman–Crippen LogP) is 5.64. The van der Waals surface area contributed by atoms with E-state index >= 15 is 0 Å². The lowest BCUT2D eigenvalue weighted by atomic mass is 9.93. The van der Waals surface area contributed by atoms with Crippen molar-refractivity contribution < 1.29 is 36.7 Å². The van der Waals surface area contributed by atoms with E-state index in [-0.39, 0.29) is 31.5 Å². The maximum atomic E-state index is 13.3. The number of benzene rings is 3. The van der Waals surface area contributed by atoms with Gasteiger partial charge < -0.3 is 31.3 Å². The van der Waals surface area contributed by atoms with Gasteiger partial charge in [0.2, 0.25) is 11.9 Å². The molecule has 1 heterocycles. The normalized spacial score (nSPS) is 13.4. The number of alkyl halides is 3. The molecule has 0 bridgehead atoms. The number of aromatic nitrogens is 3. The number of amides is 3. The Morgan fingerprint density at radius 3 is 2.15 bits per heavy atom. The van der Waals surface area contributed by atoms with Crippen molar-refractivity contribution in [3.63, 3.8) is 0 Å². The van der Waals surface area contributed by atoms with Gasteiger partial charge in [0.15, 0.2) is 6.61 Å². The van der Waals surface area contributed by atoms with Gasteiger partial charge in [-0.2, -0.15) is 28.1 Å². The van der Waals surface area contributed by atoms with E-state index in [4.69, 9.17) is 16.3 Å². The van der Waals surface area contributed by atoms with E-state index in [2.05, 4.69) is 41.5 Å². The molecule has 274 valence electrons. The van der Waals surface area contributed by atoms with E-state index in [0.717, 1.165) is 18.4 Å². The number of rotatable bonds is 14. The summed E-state index contributed by atoms with van der Waals surface area (Å²) in [6, 6.07) is 18.4. The summed E-state index contributed by atoms with van der Waals surface area (Å²) >= 11 is 6.03. The number of halogens is 5. The van der Waals surface area contributed by atoms with Gasteiger partial charge in [-0.3, -0.25) is 14.4 Å². The van der Waals surface area contributed by atoms with Crippen LogP contribution >= 0.6 is 11.6 Å². The molecule has 5 N–H and O–H groups in total. The van der Waals surface area contributed by atoms with Crippen LogP contribution < -0.4 is 31.3 Å². The summed E-state index contributed by atoms with van der Waals surface area (Å²) < 4.78 is 56.9. The molecule has 3 amide bonds. The number of nitrogens with zero attached hydrogens (tertiary/aromatic N) is 3. The molecular formula is C35H35ClF4N8O4. The van der Waals surface area contributed by atoms with Crippen LogP contribution in [0.3, 0.4) is 0 Å². The lowest BCUT2D eigenvalue weighted by Gasteiger charge is -2.25. The second kappa shape index (κ2) is 15.8. The summed E-state index contributed by atoms with van der Waals surface area (Å²) in [5.41, 5.74) is 0.966. The molecule has 0 unspecified atom stereocenters. The van der Waals surface area contributed by atoms with Crippen LogP contribution in [0.1, 0.15) is 48.2 Å². The first-order valence-corrected chi connectivity index (χ1v) is 16.4. The Bertz CT molecular complexity index is 1910. The number of carbonyl (C=O) groups is 3. The van der Waals surface area contributed by atoms with Gasteiger partial charge in [0.1, 0.15) is 5.82 Å². The van der Waals surface area contributed by atoms with Crippen molar-refractivity contribution >= 4 is 46.9 Å². The first-order valence-electron chi connectivity index (χ1n) is 16.0. The molecule has 1 fully saturated rings. The van der Waals surface area contributed by atoms with Crippen LogP contribution in [0.2, 0.25) is 5.02 Å². The molecule has 1 aliphatic rings. The van der Waals surface area contributed by atoms with E-state index in [9.17, 15) is 31.9 Å². The van der Waals surface area contributed by atoms with Gasteiger partial charge in [-0.05, 0) is 77.9 Å². The molecule has 0 spiro atoms. The Hall–Kier alpha value is -5.51.